The number of aromatic nitrogens is 1. The molecule has 1 N–H and O–H groups in total. The number of pyridine rings is 1. The SMILES string of the molecule is Cc1ccc(CC(=O)N2CCC([C@@H](O)c3ccccc3)CC2)cn1. The van der Waals surface area contributed by atoms with E-state index in [0.29, 0.717) is 19.5 Å². The standard InChI is InChI=1S/C20H24N2O2/c1-15-7-8-16(14-21-15)13-19(23)22-11-9-18(10-12-22)20(24)17-5-3-2-4-6-17/h2-8,14,18,20,24H,9-13H2,1H3/t20-/m0/s1. The molecule has 2 aromatic rings. The highest BCUT2D eigenvalue weighted by Crippen LogP contribution is 2.30. The third-order valence-corrected chi connectivity index (χ3v) is 4.81. The van der Waals surface area contributed by atoms with E-state index in [1.807, 2.05) is 54.3 Å². The van der Waals surface area contributed by atoms with Gasteiger partial charge < -0.3 is 10.0 Å². The van der Waals surface area contributed by atoms with Gasteiger partial charge in [-0.25, -0.2) is 0 Å². The molecule has 1 saturated heterocycles. The Morgan fingerprint density at radius 3 is 2.54 bits per heavy atom. The summed E-state index contributed by atoms with van der Waals surface area (Å²) in [5.41, 5.74) is 2.88. The van der Waals surface area contributed by atoms with E-state index in [2.05, 4.69) is 4.98 Å². The van der Waals surface area contributed by atoms with Gasteiger partial charge in [-0.3, -0.25) is 9.78 Å². The molecule has 0 spiro atoms. The molecule has 3 rings (SSSR count). The summed E-state index contributed by atoms with van der Waals surface area (Å²) >= 11 is 0. The zero-order chi connectivity index (χ0) is 16.9. The summed E-state index contributed by atoms with van der Waals surface area (Å²) in [5.74, 6) is 0.366. The summed E-state index contributed by atoms with van der Waals surface area (Å²) in [4.78, 5) is 18.6. The van der Waals surface area contributed by atoms with E-state index in [1.54, 1.807) is 6.20 Å². The van der Waals surface area contributed by atoms with Crippen LogP contribution in [0.25, 0.3) is 0 Å². The van der Waals surface area contributed by atoms with Crippen LogP contribution in [0.15, 0.2) is 48.7 Å². The van der Waals surface area contributed by atoms with Crippen LogP contribution in [-0.2, 0) is 11.2 Å². The molecule has 2 heterocycles. The quantitative estimate of drug-likeness (QED) is 0.941. The minimum absolute atomic E-state index is 0.147. The maximum Gasteiger partial charge on any atom is 0.227 e. The van der Waals surface area contributed by atoms with E-state index in [1.165, 1.54) is 0 Å². The van der Waals surface area contributed by atoms with Crippen LogP contribution < -0.4 is 0 Å². The number of likely N-dealkylation sites (tertiary alicyclic amines) is 1. The number of hydrogen-bond donors (Lipinski definition) is 1. The number of rotatable bonds is 4. The van der Waals surface area contributed by atoms with Crippen molar-refractivity contribution >= 4 is 5.91 Å². The lowest BCUT2D eigenvalue weighted by Gasteiger charge is -2.34. The van der Waals surface area contributed by atoms with Crippen LogP contribution in [0, 0.1) is 12.8 Å². The van der Waals surface area contributed by atoms with E-state index >= 15 is 0 Å². The normalized spacial score (nSPS) is 16.8. The summed E-state index contributed by atoms with van der Waals surface area (Å²) in [7, 11) is 0. The molecule has 0 saturated carbocycles. The van der Waals surface area contributed by atoms with E-state index in [0.717, 1.165) is 29.7 Å². The minimum atomic E-state index is -0.440. The molecule has 1 atom stereocenters. The second-order valence-corrected chi connectivity index (χ2v) is 6.56. The number of aryl methyl sites for hydroxylation is 1. The zero-order valence-electron chi connectivity index (χ0n) is 14.1. The predicted octanol–water partition coefficient (Wildman–Crippen LogP) is 2.90. The van der Waals surface area contributed by atoms with Gasteiger partial charge in [0.1, 0.15) is 0 Å². The van der Waals surface area contributed by atoms with Crippen molar-refractivity contribution in [2.45, 2.75) is 32.3 Å². The largest absolute Gasteiger partial charge is 0.388 e. The van der Waals surface area contributed by atoms with Crippen LogP contribution in [0.3, 0.4) is 0 Å². The van der Waals surface area contributed by atoms with E-state index in [-0.39, 0.29) is 11.8 Å². The van der Waals surface area contributed by atoms with Crippen LogP contribution in [0.1, 0.15) is 35.8 Å². The number of benzene rings is 1. The van der Waals surface area contributed by atoms with Crippen molar-refractivity contribution in [1.29, 1.82) is 0 Å². The first-order valence-corrected chi connectivity index (χ1v) is 8.56. The fraction of sp³-hybridized carbons (Fsp3) is 0.400. The molecule has 1 amide bonds. The Bertz CT molecular complexity index is 662. The van der Waals surface area contributed by atoms with Crippen LogP contribution in [0.4, 0.5) is 0 Å². The van der Waals surface area contributed by atoms with Gasteiger partial charge in [-0.1, -0.05) is 36.4 Å². The molecule has 4 heteroatoms. The first-order valence-electron chi connectivity index (χ1n) is 8.56. The number of carbonyl (C=O) groups is 1. The number of aliphatic hydroxyl groups excluding tert-OH is 1. The molecule has 24 heavy (non-hydrogen) atoms. The molecule has 0 bridgehead atoms. The molecule has 0 aliphatic carbocycles. The van der Waals surface area contributed by atoms with Gasteiger partial charge in [0.05, 0.1) is 12.5 Å². The second kappa shape index (κ2) is 7.58. The van der Waals surface area contributed by atoms with Crippen molar-refractivity contribution in [2.75, 3.05) is 13.1 Å². The average molecular weight is 324 g/mol. The second-order valence-electron chi connectivity index (χ2n) is 6.56. The average Bonchev–Trinajstić information content (AvgIpc) is 2.64. The van der Waals surface area contributed by atoms with Gasteiger partial charge in [-0.2, -0.15) is 0 Å². The first-order chi connectivity index (χ1) is 11.6. The van der Waals surface area contributed by atoms with Gasteiger partial charge in [0, 0.05) is 25.0 Å². The fourth-order valence-electron chi connectivity index (χ4n) is 3.28. The van der Waals surface area contributed by atoms with Crippen molar-refractivity contribution < 1.29 is 9.90 Å². The Morgan fingerprint density at radius 2 is 1.92 bits per heavy atom. The number of hydrogen-bond acceptors (Lipinski definition) is 3. The molecule has 1 aromatic heterocycles. The zero-order valence-corrected chi connectivity index (χ0v) is 14.1. The fourth-order valence-corrected chi connectivity index (χ4v) is 3.28. The van der Waals surface area contributed by atoms with Crippen molar-refractivity contribution in [1.82, 2.24) is 9.88 Å². The van der Waals surface area contributed by atoms with Crippen molar-refractivity contribution in [2.24, 2.45) is 5.92 Å². The molecule has 0 unspecified atom stereocenters. The Hall–Kier alpha value is -2.20. The summed E-state index contributed by atoms with van der Waals surface area (Å²) in [6.07, 6.45) is 3.42. The Balaban J connectivity index is 1.53. The Kier molecular flexibility index (Phi) is 5.26. The van der Waals surface area contributed by atoms with Crippen LogP contribution in [0.5, 0.6) is 0 Å². The maximum absolute atomic E-state index is 12.4. The highest BCUT2D eigenvalue weighted by Gasteiger charge is 2.28. The highest BCUT2D eigenvalue weighted by atomic mass is 16.3. The molecule has 1 aliphatic rings. The first kappa shape index (κ1) is 16.7. The van der Waals surface area contributed by atoms with Gasteiger partial charge >= 0.3 is 0 Å². The predicted molar refractivity (Wildman–Crippen MR) is 93.4 cm³/mol. The topological polar surface area (TPSA) is 53.4 Å². The Morgan fingerprint density at radius 1 is 1.21 bits per heavy atom. The van der Waals surface area contributed by atoms with Crippen molar-refractivity contribution in [3.8, 4) is 0 Å². The van der Waals surface area contributed by atoms with E-state index in [4.69, 9.17) is 0 Å². The lowest BCUT2D eigenvalue weighted by atomic mass is 9.87. The Labute approximate surface area is 143 Å². The maximum atomic E-state index is 12.4. The summed E-state index contributed by atoms with van der Waals surface area (Å²) < 4.78 is 0. The van der Waals surface area contributed by atoms with Gasteiger partial charge in [0.25, 0.3) is 0 Å². The van der Waals surface area contributed by atoms with Gasteiger partial charge in [0.2, 0.25) is 5.91 Å². The van der Waals surface area contributed by atoms with E-state index < -0.39 is 6.10 Å². The smallest absolute Gasteiger partial charge is 0.227 e. The number of amides is 1. The van der Waals surface area contributed by atoms with Crippen LogP contribution in [-0.4, -0.2) is 34.0 Å². The van der Waals surface area contributed by atoms with E-state index in [9.17, 15) is 9.90 Å². The lowest BCUT2D eigenvalue weighted by Crippen LogP contribution is -2.40. The number of carbonyl (C=O) groups excluding carboxylic acids is 1. The summed E-state index contributed by atoms with van der Waals surface area (Å²) in [6, 6.07) is 13.7. The molecule has 1 fully saturated rings. The van der Waals surface area contributed by atoms with Crippen LogP contribution >= 0.6 is 0 Å². The number of aliphatic hydroxyl groups is 1. The lowest BCUT2D eigenvalue weighted by molar-refractivity contribution is -0.132. The van der Waals surface area contributed by atoms with Gasteiger partial charge in [-0.05, 0) is 42.9 Å². The molecule has 4 nitrogen and oxygen atoms in total. The summed E-state index contributed by atoms with van der Waals surface area (Å²) in [5, 5.41) is 10.5. The molecule has 0 radical (unpaired) electrons. The molecule has 1 aromatic carbocycles. The third kappa shape index (κ3) is 4.01. The molecular formula is C20H24N2O2. The van der Waals surface area contributed by atoms with Gasteiger partial charge in [-0.15, -0.1) is 0 Å². The minimum Gasteiger partial charge on any atom is -0.388 e. The highest BCUT2D eigenvalue weighted by molar-refractivity contribution is 5.78. The third-order valence-electron chi connectivity index (χ3n) is 4.81. The molecule has 126 valence electrons. The summed E-state index contributed by atoms with van der Waals surface area (Å²) in [6.45, 7) is 3.37. The monoisotopic (exact) mass is 324 g/mol. The molecular weight excluding hydrogens is 300 g/mol. The number of piperidine rings is 1. The molecule has 1 aliphatic heterocycles. The van der Waals surface area contributed by atoms with Crippen molar-refractivity contribution in [3.63, 3.8) is 0 Å². The van der Waals surface area contributed by atoms with Crippen molar-refractivity contribution in [3.05, 3.63) is 65.5 Å². The van der Waals surface area contributed by atoms with Crippen LogP contribution in [0.2, 0.25) is 0 Å². The van der Waals surface area contributed by atoms with Gasteiger partial charge in [0.15, 0.2) is 0 Å². The number of nitrogens with zero attached hydrogens (tertiary/aromatic N) is 2.